The summed E-state index contributed by atoms with van der Waals surface area (Å²) in [5.41, 5.74) is 0.553. The van der Waals surface area contributed by atoms with E-state index in [9.17, 15) is 27.5 Å². The zero-order chi connectivity index (χ0) is 26.9. The number of hydrogen-bond acceptors (Lipinski definition) is 6. The van der Waals surface area contributed by atoms with Gasteiger partial charge in [0.25, 0.3) is 5.91 Å². The van der Waals surface area contributed by atoms with E-state index in [-0.39, 0.29) is 59.6 Å². The van der Waals surface area contributed by atoms with Crippen molar-refractivity contribution in [3.05, 3.63) is 53.8 Å². The minimum absolute atomic E-state index is 0.0570. The van der Waals surface area contributed by atoms with Crippen LogP contribution in [0.3, 0.4) is 0 Å². The number of carbonyl (C=O) groups excluding carboxylic acids is 2. The number of aliphatic hydroxyl groups is 1. The Balaban J connectivity index is 1.70. The van der Waals surface area contributed by atoms with Crippen molar-refractivity contribution in [1.29, 1.82) is 0 Å². The maximum atomic E-state index is 13.5. The van der Waals surface area contributed by atoms with E-state index in [2.05, 4.69) is 5.32 Å². The molecule has 1 aliphatic carbocycles. The van der Waals surface area contributed by atoms with E-state index in [1.54, 1.807) is 30.0 Å². The molecule has 0 bridgehead atoms. The summed E-state index contributed by atoms with van der Waals surface area (Å²) in [7, 11) is -2.55. The van der Waals surface area contributed by atoms with Crippen LogP contribution in [0.2, 0.25) is 0 Å². The first-order valence-electron chi connectivity index (χ1n) is 12.3. The topological polar surface area (TPSA) is 116 Å². The average molecular weight is 534 g/mol. The molecule has 9 nitrogen and oxygen atoms in total. The van der Waals surface area contributed by atoms with Crippen molar-refractivity contribution in [3.63, 3.8) is 0 Å². The molecule has 1 heterocycles. The van der Waals surface area contributed by atoms with Gasteiger partial charge < -0.3 is 20.1 Å². The largest absolute Gasteiger partial charge is 0.486 e. The molecule has 3 atom stereocenters. The summed E-state index contributed by atoms with van der Waals surface area (Å²) in [5.74, 6) is -1.30. The van der Waals surface area contributed by atoms with Crippen molar-refractivity contribution in [2.45, 2.75) is 43.7 Å². The minimum Gasteiger partial charge on any atom is -0.486 e. The molecular formula is C26H32FN3O6S. The summed E-state index contributed by atoms with van der Waals surface area (Å²) in [4.78, 5) is 27.5. The Labute approximate surface area is 216 Å². The van der Waals surface area contributed by atoms with Gasteiger partial charge in [0.1, 0.15) is 11.9 Å². The Hall–Kier alpha value is -3.02. The SMILES string of the molecule is C[C@@H]1CN([C@H](C)CO)C(=O)c2cccc(NC(=O)C3CC3)c2O[C@@H]1CN(C)S(=O)(=O)c1ccc(F)cc1. The van der Waals surface area contributed by atoms with Gasteiger partial charge in [0, 0.05) is 25.4 Å². The zero-order valence-corrected chi connectivity index (χ0v) is 21.9. The molecule has 2 aromatic rings. The molecule has 1 saturated carbocycles. The lowest BCUT2D eigenvalue weighted by Crippen LogP contribution is -2.50. The molecule has 2 amide bonds. The highest BCUT2D eigenvalue weighted by Gasteiger charge is 2.37. The fourth-order valence-electron chi connectivity index (χ4n) is 4.28. The van der Waals surface area contributed by atoms with Gasteiger partial charge in [0.15, 0.2) is 5.75 Å². The molecular weight excluding hydrogens is 501 g/mol. The van der Waals surface area contributed by atoms with E-state index in [0.717, 1.165) is 29.3 Å². The van der Waals surface area contributed by atoms with Gasteiger partial charge in [0.05, 0.1) is 35.3 Å². The highest BCUT2D eigenvalue weighted by Crippen LogP contribution is 2.37. The number of para-hydroxylation sites is 1. The predicted molar refractivity (Wildman–Crippen MR) is 135 cm³/mol. The van der Waals surface area contributed by atoms with Gasteiger partial charge in [-0.1, -0.05) is 13.0 Å². The number of benzene rings is 2. The van der Waals surface area contributed by atoms with E-state index < -0.39 is 28.0 Å². The van der Waals surface area contributed by atoms with Crippen LogP contribution in [0.15, 0.2) is 47.4 Å². The lowest BCUT2D eigenvalue weighted by molar-refractivity contribution is -0.117. The van der Waals surface area contributed by atoms with Crippen molar-refractivity contribution in [1.82, 2.24) is 9.21 Å². The zero-order valence-electron chi connectivity index (χ0n) is 21.1. The van der Waals surface area contributed by atoms with Crippen LogP contribution in [0.4, 0.5) is 10.1 Å². The average Bonchev–Trinajstić information content (AvgIpc) is 3.72. The summed E-state index contributed by atoms with van der Waals surface area (Å²) in [6.45, 7) is 3.46. The van der Waals surface area contributed by atoms with E-state index in [1.807, 2.05) is 6.92 Å². The van der Waals surface area contributed by atoms with Gasteiger partial charge in [-0.15, -0.1) is 0 Å². The third kappa shape index (κ3) is 5.78. The van der Waals surface area contributed by atoms with Crippen molar-refractivity contribution in [2.75, 3.05) is 32.1 Å². The number of hydrogen-bond donors (Lipinski definition) is 2. The Morgan fingerprint density at radius 3 is 2.54 bits per heavy atom. The first-order valence-corrected chi connectivity index (χ1v) is 13.7. The number of amides is 2. The Kier molecular flexibility index (Phi) is 7.86. The first-order chi connectivity index (χ1) is 17.5. The molecule has 2 aliphatic rings. The lowest BCUT2D eigenvalue weighted by atomic mass is 9.99. The summed E-state index contributed by atoms with van der Waals surface area (Å²) < 4.78 is 47.2. The fourth-order valence-corrected chi connectivity index (χ4v) is 5.46. The summed E-state index contributed by atoms with van der Waals surface area (Å²) in [6.07, 6.45) is 0.891. The second kappa shape index (κ2) is 10.8. The van der Waals surface area contributed by atoms with Gasteiger partial charge in [-0.25, -0.2) is 12.8 Å². The minimum atomic E-state index is -3.96. The van der Waals surface area contributed by atoms with Crippen LogP contribution < -0.4 is 10.1 Å². The van der Waals surface area contributed by atoms with Crippen LogP contribution >= 0.6 is 0 Å². The summed E-state index contributed by atoms with van der Waals surface area (Å²) >= 11 is 0. The third-order valence-corrected chi connectivity index (χ3v) is 8.69. The number of nitrogens with one attached hydrogen (secondary N) is 1. The number of fused-ring (bicyclic) bond motifs is 1. The number of sulfonamides is 1. The van der Waals surface area contributed by atoms with Crippen molar-refractivity contribution < 1.29 is 32.2 Å². The number of halogens is 1. The highest BCUT2D eigenvalue weighted by atomic mass is 32.2. The number of ether oxygens (including phenoxy) is 1. The van der Waals surface area contributed by atoms with Crippen LogP contribution in [0.1, 0.15) is 37.0 Å². The van der Waals surface area contributed by atoms with Gasteiger partial charge in [-0.3, -0.25) is 9.59 Å². The number of carbonyl (C=O) groups is 2. The molecule has 1 fully saturated rings. The van der Waals surface area contributed by atoms with Crippen LogP contribution in [0, 0.1) is 17.7 Å². The third-order valence-electron chi connectivity index (χ3n) is 6.86. The fraction of sp³-hybridized carbons (Fsp3) is 0.462. The van der Waals surface area contributed by atoms with E-state index in [4.69, 9.17) is 4.74 Å². The quantitative estimate of drug-likeness (QED) is 0.539. The Morgan fingerprint density at radius 2 is 1.92 bits per heavy atom. The molecule has 0 radical (unpaired) electrons. The summed E-state index contributed by atoms with van der Waals surface area (Å²) in [6, 6.07) is 8.96. The lowest BCUT2D eigenvalue weighted by Gasteiger charge is -2.38. The molecule has 4 rings (SSSR count). The van der Waals surface area contributed by atoms with Crippen LogP contribution in [-0.2, 0) is 14.8 Å². The Morgan fingerprint density at radius 1 is 1.24 bits per heavy atom. The molecule has 37 heavy (non-hydrogen) atoms. The van der Waals surface area contributed by atoms with Crippen molar-refractivity contribution in [3.8, 4) is 5.75 Å². The van der Waals surface area contributed by atoms with Gasteiger partial charge >= 0.3 is 0 Å². The monoisotopic (exact) mass is 533 g/mol. The van der Waals surface area contributed by atoms with Gasteiger partial charge in [0.2, 0.25) is 15.9 Å². The van der Waals surface area contributed by atoms with E-state index in [0.29, 0.717) is 5.69 Å². The maximum absolute atomic E-state index is 13.5. The summed E-state index contributed by atoms with van der Waals surface area (Å²) in [5, 5.41) is 12.7. The second-order valence-electron chi connectivity index (χ2n) is 9.81. The van der Waals surface area contributed by atoms with Gasteiger partial charge in [-0.2, -0.15) is 4.31 Å². The molecule has 11 heteroatoms. The van der Waals surface area contributed by atoms with E-state index in [1.165, 1.54) is 19.2 Å². The highest BCUT2D eigenvalue weighted by molar-refractivity contribution is 7.89. The second-order valence-corrected chi connectivity index (χ2v) is 11.9. The van der Waals surface area contributed by atoms with Crippen molar-refractivity contribution in [2.24, 2.45) is 11.8 Å². The predicted octanol–water partition coefficient (Wildman–Crippen LogP) is 2.72. The van der Waals surface area contributed by atoms with Crippen LogP contribution in [0.25, 0.3) is 0 Å². The maximum Gasteiger partial charge on any atom is 0.258 e. The number of nitrogens with zero attached hydrogens (tertiary/aromatic N) is 2. The normalized spacial score (nSPS) is 21.0. The standard InChI is InChI=1S/C26H32FN3O6S/c1-16-13-30(17(2)15-31)26(33)21-5-4-6-22(28-25(32)18-7-8-18)24(21)36-23(16)14-29(3)37(34,35)20-11-9-19(27)10-12-20/h4-6,9-12,16-18,23,31H,7-8,13-15H2,1-3H3,(H,28,32)/t16-,17-,23-/m1/s1. The van der Waals surface area contributed by atoms with Crippen LogP contribution in [-0.4, -0.2) is 73.4 Å². The molecule has 1 aliphatic heterocycles. The molecule has 0 spiro atoms. The molecule has 200 valence electrons. The van der Waals surface area contributed by atoms with Crippen LogP contribution in [0.5, 0.6) is 5.75 Å². The molecule has 2 N–H and O–H groups in total. The van der Waals surface area contributed by atoms with Crippen molar-refractivity contribution >= 4 is 27.5 Å². The number of rotatable bonds is 8. The number of likely N-dealkylation sites (N-methyl/N-ethyl adjacent to an activating group) is 1. The molecule has 0 saturated heterocycles. The number of aliphatic hydroxyl groups excluding tert-OH is 1. The first kappa shape index (κ1) is 27.0. The Bertz CT molecular complexity index is 1270. The molecule has 0 unspecified atom stereocenters. The number of anilines is 1. The molecule has 0 aromatic heterocycles. The van der Waals surface area contributed by atoms with Gasteiger partial charge in [-0.05, 0) is 56.2 Å². The smallest absolute Gasteiger partial charge is 0.258 e. The van der Waals surface area contributed by atoms with E-state index >= 15 is 0 Å². The molecule has 2 aromatic carbocycles.